The average Bonchev–Trinajstić information content (AvgIpc) is 2.92. The number of thiazole rings is 1. The number of hydrogen-bond acceptors (Lipinski definition) is 5. The van der Waals surface area contributed by atoms with E-state index in [0.717, 1.165) is 16.0 Å². The zero-order chi connectivity index (χ0) is 17.1. The molecule has 0 aliphatic carbocycles. The molecule has 2 amide bonds. The van der Waals surface area contributed by atoms with Crippen molar-refractivity contribution in [3.05, 3.63) is 41.4 Å². The van der Waals surface area contributed by atoms with Crippen LogP contribution in [0.15, 0.2) is 36.4 Å². The molecular formula is C16H14ClN3O3S. The molecule has 1 aromatic heterocycles. The number of halogens is 1. The molecule has 3 rings (SSSR count). The van der Waals surface area contributed by atoms with Crippen LogP contribution in [0.5, 0.6) is 11.5 Å². The molecule has 8 heteroatoms. The molecule has 0 aliphatic heterocycles. The van der Waals surface area contributed by atoms with Gasteiger partial charge in [0.15, 0.2) is 5.13 Å². The number of benzene rings is 2. The van der Waals surface area contributed by atoms with Crippen molar-refractivity contribution in [2.24, 2.45) is 0 Å². The third-order valence-corrected chi connectivity index (χ3v) is 4.33. The van der Waals surface area contributed by atoms with Crippen molar-refractivity contribution in [3.63, 3.8) is 0 Å². The molecule has 0 fully saturated rings. The van der Waals surface area contributed by atoms with Crippen LogP contribution in [0.25, 0.3) is 10.2 Å². The number of aromatic hydroxyl groups is 1. The number of carbonyl (C=O) groups excluding carboxylic acids is 1. The largest absolute Gasteiger partial charge is 0.506 e. The Morgan fingerprint density at radius 3 is 2.88 bits per heavy atom. The van der Waals surface area contributed by atoms with Crippen LogP contribution in [0.2, 0.25) is 5.02 Å². The topological polar surface area (TPSA) is 83.5 Å². The van der Waals surface area contributed by atoms with E-state index in [1.807, 2.05) is 25.1 Å². The van der Waals surface area contributed by atoms with Crippen LogP contribution in [0.4, 0.5) is 15.6 Å². The minimum absolute atomic E-state index is 0.0427. The van der Waals surface area contributed by atoms with Crippen molar-refractivity contribution < 1.29 is 14.6 Å². The first-order valence-electron chi connectivity index (χ1n) is 7.15. The highest BCUT2D eigenvalue weighted by Crippen LogP contribution is 2.30. The number of urea groups is 1. The highest BCUT2D eigenvalue weighted by molar-refractivity contribution is 7.22. The van der Waals surface area contributed by atoms with Gasteiger partial charge in [0.05, 0.1) is 21.8 Å². The number of phenols is 1. The number of ether oxygens (including phenoxy) is 1. The van der Waals surface area contributed by atoms with Crippen LogP contribution in [-0.4, -0.2) is 22.7 Å². The maximum Gasteiger partial charge on any atom is 0.325 e. The smallest absolute Gasteiger partial charge is 0.325 e. The summed E-state index contributed by atoms with van der Waals surface area (Å²) in [6.07, 6.45) is 0. The normalized spacial score (nSPS) is 10.6. The maximum atomic E-state index is 12.0. The van der Waals surface area contributed by atoms with E-state index in [2.05, 4.69) is 15.6 Å². The summed E-state index contributed by atoms with van der Waals surface area (Å²) in [5, 5.41) is 15.3. The van der Waals surface area contributed by atoms with Gasteiger partial charge in [-0.25, -0.2) is 9.78 Å². The van der Waals surface area contributed by atoms with Crippen molar-refractivity contribution in [1.82, 2.24) is 4.98 Å². The molecule has 0 saturated heterocycles. The van der Waals surface area contributed by atoms with Crippen LogP contribution in [0.3, 0.4) is 0 Å². The van der Waals surface area contributed by atoms with Crippen molar-refractivity contribution in [1.29, 1.82) is 0 Å². The zero-order valence-electron chi connectivity index (χ0n) is 12.7. The Balaban J connectivity index is 1.71. The van der Waals surface area contributed by atoms with Crippen LogP contribution in [0.1, 0.15) is 6.92 Å². The number of anilines is 2. The number of carbonyl (C=O) groups is 1. The van der Waals surface area contributed by atoms with Crippen molar-refractivity contribution in [2.75, 3.05) is 17.2 Å². The molecule has 124 valence electrons. The predicted octanol–water partition coefficient (Wildman–Crippen LogP) is 4.70. The second kappa shape index (κ2) is 6.94. The van der Waals surface area contributed by atoms with Gasteiger partial charge in [-0.05, 0) is 43.3 Å². The number of fused-ring (bicyclic) bond motifs is 1. The van der Waals surface area contributed by atoms with E-state index >= 15 is 0 Å². The Morgan fingerprint density at radius 2 is 2.12 bits per heavy atom. The summed E-state index contributed by atoms with van der Waals surface area (Å²) >= 11 is 7.16. The summed E-state index contributed by atoms with van der Waals surface area (Å²) in [5.41, 5.74) is 1.25. The van der Waals surface area contributed by atoms with E-state index in [4.69, 9.17) is 16.3 Å². The van der Waals surface area contributed by atoms with E-state index in [1.54, 1.807) is 6.07 Å². The van der Waals surface area contributed by atoms with Crippen LogP contribution < -0.4 is 15.4 Å². The van der Waals surface area contributed by atoms with Gasteiger partial charge in [0.2, 0.25) is 0 Å². The second-order valence-electron chi connectivity index (χ2n) is 4.83. The van der Waals surface area contributed by atoms with Gasteiger partial charge in [0, 0.05) is 5.69 Å². The van der Waals surface area contributed by atoms with Gasteiger partial charge in [-0.2, -0.15) is 0 Å². The standard InChI is InChI=1S/C16H14ClN3O3S/c1-2-23-10-4-5-12-14(8-10)24-16(19-12)20-15(22)18-9-3-6-13(21)11(17)7-9/h3-8,21H,2H2,1H3,(H2,18,19,20,22). The molecular weight excluding hydrogens is 350 g/mol. The van der Waals surface area contributed by atoms with E-state index in [1.165, 1.54) is 23.5 Å². The van der Waals surface area contributed by atoms with Crippen molar-refractivity contribution >= 4 is 50.0 Å². The van der Waals surface area contributed by atoms with Gasteiger partial charge in [0.25, 0.3) is 0 Å². The summed E-state index contributed by atoms with van der Waals surface area (Å²) < 4.78 is 6.37. The fourth-order valence-electron chi connectivity index (χ4n) is 2.06. The Morgan fingerprint density at radius 1 is 1.29 bits per heavy atom. The number of nitrogens with zero attached hydrogens (tertiary/aromatic N) is 1. The van der Waals surface area contributed by atoms with Crippen LogP contribution in [-0.2, 0) is 0 Å². The molecule has 24 heavy (non-hydrogen) atoms. The van der Waals surface area contributed by atoms with Gasteiger partial charge in [0.1, 0.15) is 11.5 Å². The summed E-state index contributed by atoms with van der Waals surface area (Å²) in [5.74, 6) is 0.724. The number of hydrogen-bond donors (Lipinski definition) is 3. The lowest BCUT2D eigenvalue weighted by molar-refractivity contribution is 0.262. The summed E-state index contributed by atoms with van der Waals surface area (Å²) in [6.45, 7) is 2.51. The van der Waals surface area contributed by atoms with Crippen molar-refractivity contribution in [2.45, 2.75) is 6.92 Å². The summed E-state index contributed by atoms with van der Waals surface area (Å²) in [7, 11) is 0. The molecule has 1 heterocycles. The monoisotopic (exact) mass is 363 g/mol. The lowest BCUT2D eigenvalue weighted by atomic mass is 10.3. The maximum absolute atomic E-state index is 12.0. The molecule has 3 N–H and O–H groups in total. The molecule has 2 aromatic carbocycles. The van der Waals surface area contributed by atoms with E-state index < -0.39 is 6.03 Å². The molecule has 0 bridgehead atoms. The number of phenolic OH excluding ortho intramolecular Hbond substituents is 1. The number of nitrogens with one attached hydrogen (secondary N) is 2. The van der Waals surface area contributed by atoms with Gasteiger partial charge >= 0.3 is 6.03 Å². The molecule has 6 nitrogen and oxygen atoms in total. The Labute approximate surface area is 147 Å². The summed E-state index contributed by atoms with van der Waals surface area (Å²) in [4.78, 5) is 16.4. The number of amides is 2. The van der Waals surface area contributed by atoms with Crippen LogP contribution in [0, 0.1) is 0 Å². The highest BCUT2D eigenvalue weighted by atomic mass is 35.5. The molecule has 0 unspecified atom stereocenters. The minimum atomic E-state index is -0.444. The fourth-order valence-corrected chi connectivity index (χ4v) is 3.13. The molecule has 0 atom stereocenters. The van der Waals surface area contributed by atoms with Crippen molar-refractivity contribution in [3.8, 4) is 11.5 Å². The SMILES string of the molecule is CCOc1ccc2nc(NC(=O)Nc3ccc(O)c(Cl)c3)sc2c1. The Bertz CT molecular complexity index is 897. The first-order chi connectivity index (χ1) is 11.5. The predicted molar refractivity (Wildman–Crippen MR) is 96.5 cm³/mol. The number of rotatable bonds is 4. The molecule has 3 aromatic rings. The molecule has 0 aliphatic rings. The lowest BCUT2D eigenvalue weighted by Crippen LogP contribution is -2.19. The zero-order valence-corrected chi connectivity index (χ0v) is 14.2. The first kappa shape index (κ1) is 16.4. The Hall–Kier alpha value is -2.51. The third kappa shape index (κ3) is 3.69. The highest BCUT2D eigenvalue weighted by Gasteiger charge is 2.09. The van der Waals surface area contributed by atoms with E-state index in [0.29, 0.717) is 17.4 Å². The third-order valence-electron chi connectivity index (χ3n) is 3.10. The van der Waals surface area contributed by atoms with Gasteiger partial charge in [-0.3, -0.25) is 5.32 Å². The number of aromatic nitrogens is 1. The quantitative estimate of drug-likeness (QED) is 0.587. The summed E-state index contributed by atoms with van der Waals surface area (Å²) in [6, 6.07) is 9.55. The van der Waals surface area contributed by atoms with Gasteiger partial charge in [-0.15, -0.1) is 0 Å². The molecule has 0 radical (unpaired) electrons. The average molecular weight is 364 g/mol. The van der Waals surface area contributed by atoms with E-state index in [-0.39, 0.29) is 10.8 Å². The van der Waals surface area contributed by atoms with Crippen LogP contribution >= 0.6 is 22.9 Å². The van der Waals surface area contributed by atoms with Gasteiger partial charge in [-0.1, -0.05) is 22.9 Å². The minimum Gasteiger partial charge on any atom is -0.506 e. The lowest BCUT2D eigenvalue weighted by Gasteiger charge is -2.06. The Kier molecular flexibility index (Phi) is 4.73. The van der Waals surface area contributed by atoms with E-state index in [9.17, 15) is 9.90 Å². The molecule has 0 spiro atoms. The first-order valence-corrected chi connectivity index (χ1v) is 8.34. The second-order valence-corrected chi connectivity index (χ2v) is 6.26. The molecule has 0 saturated carbocycles. The fraction of sp³-hybridized carbons (Fsp3) is 0.125. The van der Waals surface area contributed by atoms with Gasteiger partial charge < -0.3 is 15.2 Å².